The molecule has 1 spiro atoms. The number of rotatable bonds is 1. The molecule has 1 N–H and O–H groups in total. The van der Waals surface area contributed by atoms with Gasteiger partial charge in [0, 0.05) is 25.5 Å². The van der Waals surface area contributed by atoms with Crippen LogP contribution in [0.15, 0.2) is 33.2 Å². The third-order valence-electron chi connectivity index (χ3n) is 5.23. The van der Waals surface area contributed by atoms with Crippen molar-refractivity contribution in [1.82, 2.24) is 0 Å². The topological polar surface area (TPSA) is 29.5 Å². The molecule has 4 heteroatoms. The van der Waals surface area contributed by atoms with Crippen molar-refractivity contribution < 1.29 is 9.84 Å². The van der Waals surface area contributed by atoms with Crippen LogP contribution in [0.5, 0.6) is 11.5 Å². The zero-order chi connectivity index (χ0) is 15.5. The molecule has 2 aromatic rings. The van der Waals surface area contributed by atoms with Gasteiger partial charge in [0.1, 0.15) is 11.5 Å². The summed E-state index contributed by atoms with van der Waals surface area (Å²) in [6, 6.07) is 7.84. The fraction of sp³-hybridized carbons (Fsp3) is 0.333. The van der Waals surface area contributed by atoms with Crippen LogP contribution in [-0.2, 0) is 18.3 Å². The van der Waals surface area contributed by atoms with Gasteiger partial charge in [0.25, 0.3) is 0 Å². The van der Waals surface area contributed by atoms with Crippen molar-refractivity contribution in [1.29, 1.82) is 0 Å². The van der Waals surface area contributed by atoms with Crippen LogP contribution >= 0.6 is 31.9 Å². The predicted molar refractivity (Wildman–Crippen MR) is 93.9 cm³/mol. The van der Waals surface area contributed by atoms with Crippen LogP contribution in [0.4, 0.5) is 0 Å². The number of hydrogen-bond acceptors (Lipinski definition) is 2. The molecule has 2 nitrogen and oxygen atoms in total. The van der Waals surface area contributed by atoms with Gasteiger partial charge in [0.05, 0.1) is 7.11 Å². The van der Waals surface area contributed by atoms with E-state index >= 15 is 0 Å². The van der Waals surface area contributed by atoms with Gasteiger partial charge in [-0.25, -0.2) is 0 Å². The summed E-state index contributed by atoms with van der Waals surface area (Å²) < 4.78 is 7.91. The lowest BCUT2D eigenvalue weighted by Crippen LogP contribution is -2.22. The Morgan fingerprint density at radius 3 is 2.18 bits per heavy atom. The van der Waals surface area contributed by atoms with Gasteiger partial charge in [-0.05, 0) is 61.1 Å². The molecule has 0 heterocycles. The molecular weight excluding hydrogens is 408 g/mol. The summed E-state index contributed by atoms with van der Waals surface area (Å²) in [6.45, 7) is 0. The lowest BCUT2D eigenvalue weighted by atomic mass is 9.76. The van der Waals surface area contributed by atoms with Crippen molar-refractivity contribution in [3.8, 4) is 11.5 Å². The number of phenolic OH excluding ortho intramolecular Hbond substituents is 1. The van der Waals surface area contributed by atoms with E-state index < -0.39 is 0 Å². The zero-order valence-corrected chi connectivity index (χ0v) is 15.4. The number of phenols is 1. The van der Waals surface area contributed by atoms with E-state index in [4.69, 9.17) is 4.74 Å². The second-order valence-corrected chi connectivity index (χ2v) is 7.81. The van der Waals surface area contributed by atoms with Gasteiger partial charge in [-0.3, -0.25) is 0 Å². The molecule has 22 heavy (non-hydrogen) atoms. The largest absolute Gasteiger partial charge is 0.508 e. The van der Waals surface area contributed by atoms with Crippen LogP contribution in [-0.4, -0.2) is 12.2 Å². The highest BCUT2D eigenvalue weighted by atomic mass is 79.9. The Balaban J connectivity index is 2.04. The Morgan fingerprint density at radius 2 is 1.55 bits per heavy atom. The van der Waals surface area contributed by atoms with Crippen molar-refractivity contribution in [2.75, 3.05) is 7.11 Å². The van der Waals surface area contributed by atoms with Gasteiger partial charge >= 0.3 is 0 Å². The molecule has 4 rings (SSSR count). The zero-order valence-electron chi connectivity index (χ0n) is 12.2. The summed E-state index contributed by atoms with van der Waals surface area (Å²) in [5.74, 6) is 1.34. The number of halogens is 2. The maximum atomic E-state index is 10.6. The van der Waals surface area contributed by atoms with Crippen molar-refractivity contribution in [3.63, 3.8) is 0 Å². The summed E-state index contributed by atoms with van der Waals surface area (Å²) in [5, 5.41) is 10.6. The van der Waals surface area contributed by atoms with Crippen LogP contribution < -0.4 is 4.74 Å². The van der Waals surface area contributed by atoms with Gasteiger partial charge in [0.15, 0.2) is 0 Å². The Morgan fingerprint density at radius 1 is 0.955 bits per heavy atom. The van der Waals surface area contributed by atoms with Gasteiger partial charge in [0.2, 0.25) is 0 Å². The Labute approximate surface area is 146 Å². The minimum absolute atomic E-state index is 0.117. The summed E-state index contributed by atoms with van der Waals surface area (Å²) >= 11 is 7.34. The van der Waals surface area contributed by atoms with E-state index in [1.54, 1.807) is 13.2 Å². The highest BCUT2D eigenvalue weighted by Crippen LogP contribution is 2.59. The van der Waals surface area contributed by atoms with E-state index in [1.165, 1.54) is 16.7 Å². The monoisotopic (exact) mass is 422 g/mol. The smallest absolute Gasteiger partial charge is 0.123 e. The third kappa shape index (κ3) is 1.77. The van der Waals surface area contributed by atoms with Crippen LogP contribution in [0.3, 0.4) is 0 Å². The van der Waals surface area contributed by atoms with E-state index in [0.717, 1.165) is 45.9 Å². The lowest BCUT2D eigenvalue weighted by molar-refractivity contribution is 0.388. The second kappa shape index (κ2) is 5.00. The molecule has 0 fully saturated rings. The third-order valence-corrected chi connectivity index (χ3v) is 6.72. The molecule has 0 bridgehead atoms. The average molecular weight is 424 g/mol. The SMILES string of the molecule is COc1ccc(Br)c2c1C1(CCc3c(Br)ccc(O)c31)CC2. The predicted octanol–water partition coefficient (Wildman–Crippen LogP) is 5.10. The average Bonchev–Trinajstić information content (AvgIpc) is 3.09. The van der Waals surface area contributed by atoms with Crippen LogP contribution in [0, 0.1) is 0 Å². The number of methoxy groups -OCH3 is 1. The van der Waals surface area contributed by atoms with Gasteiger partial charge < -0.3 is 9.84 Å². The van der Waals surface area contributed by atoms with Crippen LogP contribution in [0.2, 0.25) is 0 Å². The van der Waals surface area contributed by atoms with Crippen LogP contribution in [0.25, 0.3) is 0 Å². The maximum Gasteiger partial charge on any atom is 0.123 e. The van der Waals surface area contributed by atoms with E-state index in [2.05, 4.69) is 37.9 Å². The standard InChI is InChI=1S/C18H16Br2O2/c1-22-15-5-3-13(20)11-7-9-18(17(11)15)8-6-10-12(19)2-4-14(21)16(10)18/h2-5,21H,6-9H2,1H3. The Bertz CT molecular complexity index is 781. The highest BCUT2D eigenvalue weighted by Gasteiger charge is 2.49. The first-order valence-corrected chi connectivity index (χ1v) is 9.04. The molecule has 2 aliphatic rings. The van der Waals surface area contributed by atoms with Gasteiger partial charge in [-0.2, -0.15) is 0 Å². The Kier molecular flexibility index (Phi) is 3.31. The number of aromatic hydroxyl groups is 1. The summed E-state index contributed by atoms with van der Waals surface area (Å²) in [4.78, 5) is 0. The molecule has 2 aliphatic carbocycles. The molecule has 1 unspecified atom stereocenters. The molecule has 2 aromatic carbocycles. The molecule has 1 atom stereocenters. The van der Waals surface area contributed by atoms with Gasteiger partial charge in [-0.1, -0.05) is 31.9 Å². The molecule has 0 aliphatic heterocycles. The summed E-state index contributed by atoms with van der Waals surface area (Å²) in [7, 11) is 1.73. The first-order valence-electron chi connectivity index (χ1n) is 7.45. The molecule has 0 aromatic heterocycles. The van der Waals surface area contributed by atoms with Crippen LogP contribution in [0.1, 0.15) is 35.1 Å². The van der Waals surface area contributed by atoms with E-state index in [-0.39, 0.29) is 5.41 Å². The van der Waals surface area contributed by atoms with Gasteiger partial charge in [-0.15, -0.1) is 0 Å². The van der Waals surface area contributed by atoms with E-state index in [1.807, 2.05) is 12.1 Å². The first kappa shape index (κ1) is 14.6. The van der Waals surface area contributed by atoms with Crippen molar-refractivity contribution in [2.24, 2.45) is 0 Å². The number of benzene rings is 2. The minimum atomic E-state index is -0.117. The molecular formula is C18H16Br2O2. The molecule has 0 amide bonds. The van der Waals surface area contributed by atoms with Crippen molar-refractivity contribution in [2.45, 2.75) is 31.1 Å². The highest BCUT2D eigenvalue weighted by molar-refractivity contribution is 9.10. The van der Waals surface area contributed by atoms with E-state index in [9.17, 15) is 5.11 Å². The number of hydrogen-bond donors (Lipinski definition) is 1. The maximum absolute atomic E-state index is 10.6. The second-order valence-electron chi connectivity index (χ2n) is 6.11. The summed E-state index contributed by atoms with van der Waals surface area (Å²) in [5.41, 5.74) is 4.81. The normalized spacial score (nSPS) is 22.0. The fourth-order valence-corrected chi connectivity index (χ4v) is 5.41. The quantitative estimate of drug-likeness (QED) is 0.690. The molecule has 0 saturated carbocycles. The number of fused-ring (bicyclic) bond motifs is 4. The number of ether oxygens (including phenoxy) is 1. The molecule has 114 valence electrons. The lowest BCUT2D eigenvalue weighted by Gasteiger charge is -2.29. The Hall–Kier alpha value is -1.00. The van der Waals surface area contributed by atoms with Crippen molar-refractivity contribution in [3.05, 3.63) is 55.5 Å². The molecule has 0 radical (unpaired) electrons. The molecule has 0 saturated heterocycles. The van der Waals surface area contributed by atoms with E-state index in [0.29, 0.717) is 5.75 Å². The fourth-order valence-electron chi connectivity index (χ4n) is 4.36. The summed E-state index contributed by atoms with van der Waals surface area (Å²) in [6.07, 6.45) is 4.05. The minimum Gasteiger partial charge on any atom is -0.508 e. The van der Waals surface area contributed by atoms with Crippen molar-refractivity contribution >= 4 is 31.9 Å². The first-order chi connectivity index (χ1) is 10.6.